The molecule has 1 fully saturated rings. The molecule has 3 aliphatic heterocycles. The molecular weight excluding hydrogens is 452 g/mol. The van der Waals surface area contributed by atoms with E-state index in [2.05, 4.69) is 19.5 Å². The second kappa shape index (κ2) is 7.17. The van der Waals surface area contributed by atoms with Crippen LogP contribution in [-0.4, -0.2) is 88.8 Å². The monoisotopic (exact) mass is 471 g/mol. The van der Waals surface area contributed by atoms with Gasteiger partial charge in [-0.3, -0.25) is 4.55 Å². The quantitative estimate of drug-likeness (QED) is 0.136. The highest BCUT2D eigenvalue weighted by Gasteiger charge is 2.74. The van der Waals surface area contributed by atoms with Crippen LogP contribution in [0.25, 0.3) is 0 Å². The summed E-state index contributed by atoms with van der Waals surface area (Å²) in [5, 5.41) is 35.5. The van der Waals surface area contributed by atoms with E-state index in [1.165, 1.54) is 24.3 Å². The van der Waals surface area contributed by atoms with Crippen molar-refractivity contribution in [1.82, 2.24) is 10.2 Å². The summed E-state index contributed by atoms with van der Waals surface area (Å²) < 4.78 is 41.1. The van der Waals surface area contributed by atoms with Crippen LogP contribution in [0.3, 0.4) is 0 Å². The first-order chi connectivity index (χ1) is 14.8. The maximum absolute atomic E-state index is 12.3. The second-order valence-corrected chi connectivity index (χ2v) is 8.43. The van der Waals surface area contributed by atoms with Gasteiger partial charge in [0.1, 0.15) is 18.7 Å². The van der Waals surface area contributed by atoms with Crippen LogP contribution >= 0.6 is 0 Å². The zero-order chi connectivity index (χ0) is 23.5. The van der Waals surface area contributed by atoms with Crippen LogP contribution in [0.2, 0.25) is 0 Å². The number of benzene rings is 1. The Morgan fingerprint density at radius 1 is 1.28 bits per heavy atom. The Morgan fingerprint density at radius 3 is 2.56 bits per heavy atom. The van der Waals surface area contributed by atoms with Crippen molar-refractivity contribution in [3.05, 3.63) is 29.8 Å². The van der Waals surface area contributed by atoms with Crippen LogP contribution in [0.15, 0.2) is 34.3 Å². The standard InChI is InChI=1S/C16H20N6O9S/c17-13-20-11-9(6-30-12(24)7-1-3-8(23)4-2-7)19-14(18)22-5-10(31-32(27,28)29)16(25,26)15(11,22)21-13/h1-4,9-11,23,25-26H,5-6H2,(H2,18,19)(H3,17,20,21)(H,27,28,29)/p-1/t9-,10+,11-,15-/m0/s1. The van der Waals surface area contributed by atoms with Crippen LogP contribution in [0.1, 0.15) is 10.4 Å². The summed E-state index contributed by atoms with van der Waals surface area (Å²) in [7, 11) is -5.07. The third-order valence-electron chi connectivity index (χ3n) is 5.46. The van der Waals surface area contributed by atoms with Gasteiger partial charge in [-0.25, -0.2) is 19.0 Å². The van der Waals surface area contributed by atoms with E-state index in [1.807, 2.05) is 0 Å². The van der Waals surface area contributed by atoms with Crippen LogP contribution in [0.4, 0.5) is 0 Å². The number of hydrogen-bond acceptors (Lipinski definition) is 14. The number of aliphatic imine (C=N–C) groups is 2. The highest BCUT2D eigenvalue weighted by Crippen LogP contribution is 2.46. The topological polar surface area (TPSA) is 245 Å². The van der Waals surface area contributed by atoms with E-state index in [0.29, 0.717) is 0 Å². The molecule has 0 aliphatic carbocycles. The van der Waals surface area contributed by atoms with Crippen LogP contribution in [0, 0.1) is 0 Å². The predicted molar refractivity (Wildman–Crippen MR) is 103 cm³/mol. The summed E-state index contributed by atoms with van der Waals surface area (Å²) in [6.07, 6.45) is -1.89. The molecule has 1 aromatic rings. The van der Waals surface area contributed by atoms with Crippen molar-refractivity contribution in [2.24, 2.45) is 21.5 Å². The normalized spacial score (nSPS) is 30.6. The molecule has 1 aromatic carbocycles. The average Bonchev–Trinajstić information content (AvgIpc) is 3.15. The largest absolute Gasteiger partial charge is 0.872 e. The Kier molecular flexibility index (Phi) is 4.94. The van der Waals surface area contributed by atoms with Crippen molar-refractivity contribution in [2.45, 2.75) is 29.6 Å². The highest BCUT2D eigenvalue weighted by molar-refractivity contribution is 7.80. The first kappa shape index (κ1) is 22.0. The fourth-order valence-electron chi connectivity index (χ4n) is 4.12. The number of nitrogens with one attached hydrogen (secondary N) is 1. The van der Waals surface area contributed by atoms with Gasteiger partial charge in [0, 0.05) is 0 Å². The maximum atomic E-state index is 12.3. The third kappa shape index (κ3) is 3.37. The molecule has 1 saturated heterocycles. The third-order valence-corrected chi connectivity index (χ3v) is 5.94. The lowest BCUT2D eigenvalue weighted by Gasteiger charge is -2.48. The molecular formula is C16H19N6O9S-. The fourth-order valence-corrected chi connectivity index (χ4v) is 4.61. The summed E-state index contributed by atoms with van der Waals surface area (Å²) in [6.45, 7) is -0.931. The van der Waals surface area contributed by atoms with Crippen molar-refractivity contribution < 1.29 is 42.0 Å². The molecule has 0 unspecified atom stereocenters. The van der Waals surface area contributed by atoms with Crippen molar-refractivity contribution in [3.63, 3.8) is 0 Å². The van der Waals surface area contributed by atoms with Crippen molar-refractivity contribution in [1.29, 1.82) is 0 Å². The number of hydrogen-bond donors (Lipinski definition) is 6. The smallest absolute Gasteiger partial charge is 0.397 e. The summed E-state index contributed by atoms with van der Waals surface area (Å²) in [4.78, 5) is 21.7. The van der Waals surface area contributed by atoms with Gasteiger partial charge in [0.05, 0.1) is 12.1 Å². The van der Waals surface area contributed by atoms with Gasteiger partial charge in [0.15, 0.2) is 23.7 Å². The van der Waals surface area contributed by atoms with E-state index >= 15 is 0 Å². The number of guanidine groups is 2. The van der Waals surface area contributed by atoms with Crippen LogP contribution < -0.4 is 21.9 Å². The molecule has 32 heavy (non-hydrogen) atoms. The molecule has 174 valence electrons. The fraction of sp³-hybridized carbons (Fsp3) is 0.438. The molecule has 3 heterocycles. The number of nitrogens with two attached hydrogens (primary N) is 2. The zero-order valence-electron chi connectivity index (χ0n) is 16.2. The number of ether oxygens (including phenoxy) is 1. The molecule has 4 rings (SSSR count). The molecule has 4 atom stereocenters. The highest BCUT2D eigenvalue weighted by atomic mass is 32.3. The summed E-state index contributed by atoms with van der Waals surface area (Å²) >= 11 is 0. The molecule has 0 amide bonds. The Bertz CT molecular complexity index is 1110. The van der Waals surface area contributed by atoms with E-state index in [1.54, 1.807) is 0 Å². The van der Waals surface area contributed by atoms with Gasteiger partial charge in [0.25, 0.3) is 0 Å². The Balaban J connectivity index is 1.62. The number of nitrogens with zero attached hydrogens (tertiary/aromatic N) is 3. The lowest BCUT2D eigenvalue weighted by Crippen LogP contribution is -2.77. The van der Waals surface area contributed by atoms with E-state index < -0.39 is 59.2 Å². The van der Waals surface area contributed by atoms with E-state index in [0.717, 1.165) is 4.90 Å². The van der Waals surface area contributed by atoms with Gasteiger partial charge in [-0.1, -0.05) is 12.1 Å². The maximum Gasteiger partial charge on any atom is 0.397 e. The second-order valence-electron chi connectivity index (χ2n) is 7.38. The molecule has 0 radical (unpaired) electrons. The number of carbonyl (C=O) groups excluding carboxylic acids is 1. The van der Waals surface area contributed by atoms with Gasteiger partial charge in [-0.05, 0) is 12.1 Å². The lowest BCUT2D eigenvalue weighted by atomic mass is 9.86. The molecule has 3 aliphatic rings. The number of esters is 1. The predicted octanol–water partition coefficient (Wildman–Crippen LogP) is -4.22. The summed E-state index contributed by atoms with van der Waals surface area (Å²) in [6, 6.07) is 2.65. The lowest BCUT2D eigenvalue weighted by molar-refractivity contribution is -0.268. The van der Waals surface area contributed by atoms with E-state index in [9.17, 15) is 28.5 Å². The molecule has 0 saturated carbocycles. The average molecular weight is 471 g/mol. The number of rotatable bonds is 5. The van der Waals surface area contributed by atoms with E-state index in [-0.39, 0.29) is 23.2 Å². The first-order valence-corrected chi connectivity index (χ1v) is 10.5. The Hall–Kier alpha value is -3.18. The first-order valence-electron chi connectivity index (χ1n) is 9.12. The van der Waals surface area contributed by atoms with Crippen molar-refractivity contribution >= 4 is 28.3 Å². The minimum atomic E-state index is -5.07. The number of carbonyl (C=O) groups is 1. The molecule has 15 nitrogen and oxygen atoms in total. The Morgan fingerprint density at radius 2 is 1.94 bits per heavy atom. The Labute approximate surface area is 180 Å². The molecule has 1 spiro atoms. The van der Waals surface area contributed by atoms with E-state index in [4.69, 9.17) is 20.8 Å². The summed E-state index contributed by atoms with van der Waals surface area (Å²) in [5.74, 6) is -4.58. The van der Waals surface area contributed by atoms with Gasteiger partial charge in [-0.2, -0.15) is 8.42 Å². The molecule has 0 aromatic heterocycles. The summed E-state index contributed by atoms with van der Waals surface area (Å²) in [5.41, 5.74) is 9.80. The molecule has 0 bridgehead atoms. The zero-order valence-corrected chi connectivity index (χ0v) is 17.0. The van der Waals surface area contributed by atoms with Gasteiger partial charge in [0.2, 0.25) is 5.79 Å². The molecule has 8 N–H and O–H groups in total. The minimum absolute atomic E-state index is 0.0995. The molecule has 16 heteroatoms. The van der Waals surface area contributed by atoms with Crippen molar-refractivity contribution in [3.8, 4) is 5.75 Å². The van der Waals surface area contributed by atoms with Gasteiger partial charge >= 0.3 is 16.4 Å². The van der Waals surface area contributed by atoms with Crippen LogP contribution in [-0.2, 0) is 19.3 Å². The number of aliphatic hydroxyl groups is 2. The van der Waals surface area contributed by atoms with Gasteiger partial charge in [-0.15, -0.1) is 5.75 Å². The van der Waals surface area contributed by atoms with Crippen molar-refractivity contribution in [2.75, 3.05) is 13.2 Å². The SMILES string of the molecule is NC1=N[C@H]2[C@H](COC(=O)c3ccc([O-])cc3)N=C(N)N3C[C@@H](OS(=O)(=O)O)C(O)(O)[C@]23N1. The van der Waals surface area contributed by atoms with Crippen LogP contribution in [0.5, 0.6) is 5.75 Å². The minimum Gasteiger partial charge on any atom is -0.872 e. The van der Waals surface area contributed by atoms with Gasteiger partial charge < -0.3 is 41.7 Å².